The van der Waals surface area contributed by atoms with Gasteiger partial charge in [-0.3, -0.25) is 4.98 Å². The number of carboxylic acid groups (broad SMARTS) is 1. The number of carboxylic acids is 1. The molecular weight excluding hydrogens is 466 g/mol. The topological polar surface area (TPSA) is 99.6 Å². The lowest BCUT2D eigenvalue weighted by molar-refractivity contribution is 0.0697. The Hall–Kier alpha value is -3.84. The van der Waals surface area contributed by atoms with E-state index >= 15 is 0 Å². The molecule has 3 heterocycles. The maximum atomic E-state index is 11.8. The van der Waals surface area contributed by atoms with Gasteiger partial charge in [-0.2, -0.15) is 0 Å². The molecule has 1 atom stereocenters. The number of aromatic nitrogens is 2. The molecule has 0 amide bonds. The van der Waals surface area contributed by atoms with E-state index < -0.39 is 5.97 Å². The Kier molecular flexibility index (Phi) is 6.30. The zero-order valence-electron chi connectivity index (χ0n) is 20.7. The van der Waals surface area contributed by atoms with Crippen molar-refractivity contribution in [3.8, 4) is 22.8 Å². The standard InChI is InChI=1S/C30H31N3O4/c31-21-16-33-26-14-20(30(34)35)9-11-24(26)28(19-6-2-1-3-7-19)29(33)25-12-10-23(15-27(25)37-17-21)36-18-22-8-4-5-13-32-22/h4-5,8-15,19,21H,1-3,6-7,16-18,31H2,(H,34,35)/t21-/m1/s1. The molecule has 1 aliphatic carbocycles. The van der Waals surface area contributed by atoms with Crippen LogP contribution in [0.15, 0.2) is 60.8 Å². The highest BCUT2D eigenvalue weighted by Crippen LogP contribution is 2.47. The predicted octanol–water partition coefficient (Wildman–Crippen LogP) is 5.75. The van der Waals surface area contributed by atoms with Gasteiger partial charge < -0.3 is 24.9 Å². The average Bonchev–Trinajstić information content (AvgIpc) is 3.23. The molecule has 0 bridgehead atoms. The molecule has 37 heavy (non-hydrogen) atoms. The quantitative estimate of drug-likeness (QED) is 0.364. The van der Waals surface area contributed by atoms with Gasteiger partial charge in [-0.1, -0.05) is 31.4 Å². The number of nitrogens with zero attached hydrogens (tertiary/aromatic N) is 2. The molecule has 0 radical (unpaired) electrons. The second kappa shape index (κ2) is 9.90. The van der Waals surface area contributed by atoms with E-state index in [1.807, 2.05) is 36.4 Å². The van der Waals surface area contributed by atoms with Gasteiger partial charge in [0, 0.05) is 35.3 Å². The first kappa shape index (κ1) is 23.6. The van der Waals surface area contributed by atoms with Crippen LogP contribution < -0.4 is 15.2 Å². The van der Waals surface area contributed by atoms with Crippen molar-refractivity contribution < 1.29 is 19.4 Å². The molecule has 3 N–H and O–H groups in total. The van der Waals surface area contributed by atoms with Crippen molar-refractivity contribution in [3.05, 3.63) is 77.6 Å². The molecule has 1 fully saturated rings. The summed E-state index contributed by atoms with van der Waals surface area (Å²) in [6, 6.07) is 17.0. The number of ether oxygens (including phenoxy) is 2. The van der Waals surface area contributed by atoms with E-state index in [0.717, 1.165) is 46.4 Å². The minimum absolute atomic E-state index is 0.242. The molecule has 0 saturated heterocycles. The maximum absolute atomic E-state index is 11.8. The Morgan fingerprint density at radius 1 is 1.11 bits per heavy atom. The summed E-state index contributed by atoms with van der Waals surface area (Å²) in [6.07, 6.45) is 7.67. The molecule has 4 aromatic rings. The van der Waals surface area contributed by atoms with Crippen molar-refractivity contribution in [2.24, 2.45) is 5.73 Å². The number of benzene rings is 2. The molecule has 0 spiro atoms. The van der Waals surface area contributed by atoms with Crippen LogP contribution in [0.5, 0.6) is 11.5 Å². The summed E-state index contributed by atoms with van der Waals surface area (Å²) in [7, 11) is 0. The number of hydrogen-bond donors (Lipinski definition) is 2. The smallest absolute Gasteiger partial charge is 0.335 e. The summed E-state index contributed by atoms with van der Waals surface area (Å²) in [6.45, 7) is 1.27. The second-order valence-electron chi connectivity index (χ2n) is 10.1. The molecular formula is C30H31N3O4. The molecule has 2 aromatic heterocycles. The molecule has 1 saturated carbocycles. The van der Waals surface area contributed by atoms with E-state index in [1.54, 1.807) is 18.3 Å². The zero-order chi connectivity index (χ0) is 25.4. The normalized spacial score (nSPS) is 17.8. The Bertz CT molecular complexity index is 1440. The zero-order valence-corrected chi connectivity index (χ0v) is 20.7. The molecule has 6 rings (SSSR count). The highest BCUT2D eigenvalue weighted by Gasteiger charge is 2.30. The summed E-state index contributed by atoms with van der Waals surface area (Å²) < 4.78 is 14.5. The van der Waals surface area contributed by atoms with Gasteiger partial charge in [-0.05, 0) is 60.7 Å². The van der Waals surface area contributed by atoms with E-state index in [0.29, 0.717) is 31.4 Å². The number of pyridine rings is 1. The van der Waals surface area contributed by atoms with E-state index in [1.165, 1.54) is 24.8 Å². The van der Waals surface area contributed by atoms with Crippen LogP contribution in [-0.2, 0) is 13.2 Å². The minimum atomic E-state index is -0.926. The Morgan fingerprint density at radius 3 is 2.76 bits per heavy atom. The van der Waals surface area contributed by atoms with Crippen molar-refractivity contribution in [2.75, 3.05) is 6.61 Å². The van der Waals surface area contributed by atoms with Gasteiger partial charge >= 0.3 is 5.97 Å². The van der Waals surface area contributed by atoms with Crippen LogP contribution in [0.25, 0.3) is 22.2 Å². The van der Waals surface area contributed by atoms with E-state index in [2.05, 4.69) is 15.6 Å². The summed E-state index contributed by atoms with van der Waals surface area (Å²) in [4.78, 5) is 16.2. The lowest BCUT2D eigenvalue weighted by atomic mass is 9.81. The molecule has 1 aliphatic heterocycles. The van der Waals surface area contributed by atoms with Crippen molar-refractivity contribution in [1.29, 1.82) is 0 Å². The van der Waals surface area contributed by atoms with E-state index in [-0.39, 0.29) is 11.6 Å². The first-order valence-electron chi connectivity index (χ1n) is 13.0. The Morgan fingerprint density at radius 2 is 1.97 bits per heavy atom. The van der Waals surface area contributed by atoms with Crippen LogP contribution in [0.1, 0.15) is 59.6 Å². The van der Waals surface area contributed by atoms with E-state index in [4.69, 9.17) is 15.2 Å². The number of aromatic carboxylic acids is 1. The first-order chi connectivity index (χ1) is 18.1. The van der Waals surface area contributed by atoms with Crippen LogP contribution in [-0.4, -0.2) is 33.3 Å². The van der Waals surface area contributed by atoms with E-state index in [9.17, 15) is 9.90 Å². The van der Waals surface area contributed by atoms with Gasteiger partial charge in [0.1, 0.15) is 24.7 Å². The van der Waals surface area contributed by atoms with Crippen molar-refractivity contribution in [2.45, 2.75) is 57.2 Å². The minimum Gasteiger partial charge on any atom is -0.491 e. The number of fused-ring (bicyclic) bond motifs is 5. The highest BCUT2D eigenvalue weighted by molar-refractivity contribution is 5.98. The third kappa shape index (κ3) is 4.55. The van der Waals surface area contributed by atoms with Crippen molar-refractivity contribution in [3.63, 3.8) is 0 Å². The Balaban J connectivity index is 1.50. The van der Waals surface area contributed by atoms with Crippen LogP contribution >= 0.6 is 0 Å². The molecule has 0 unspecified atom stereocenters. The third-order valence-corrected chi connectivity index (χ3v) is 7.56. The SMILES string of the molecule is N[C@H]1COc2cc(OCc3ccccn3)ccc2-c2c(C3CCCCC3)c3ccc(C(=O)O)cc3n2C1. The van der Waals surface area contributed by atoms with Gasteiger partial charge in [-0.25, -0.2) is 4.79 Å². The molecule has 7 heteroatoms. The fraction of sp³-hybridized carbons (Fsp3) is 0.333. The molecule has 190 valence electrons. The lowest BCUT2D eigenvalue weighted by Gasteiger charge is -2.27. The number of hydrogen-bond acceptors (Lipinski definition) is 5. The number of carbonyl (C=O) groups is 1. The van der Waals surface area contributed by atoms with Gasteiger partial charge in [0.05, 0.1) is 23.0 Å². The number of nitrogens with two attached hydrogens (primary N) is 1. The van der Waals surface area contributed by atoms with Crippen LogP contribution in [0.4, 0.5) is 0 Å². The highest BCUT2D eigenvalue weighted by atomic mass is 16.5. The third-order valence-electron chi connectivity index (χ3n) is 7.56. The molecule has 2 aromatic carbocycles. The largest absolute Gasteiger partial charge is 0.491 e. The van der Waals surface area contributed by atoms with Gasteiger partial charge in [0.25, 0.3) is 0 Å². The molecule has 2 aliphatic rings. The van der Waals surface area contributed by atoms with Crippen molar-refractivity contribution in [1.82, 2.24) is 9.55 Å². The number of rotatable bonds is 5. The van der Waals surface area contributed by atoms with Crippen LogP contribution in [0, 0.1) is 0 Å². The predicted molar refractivity (Wildman–Crippen MR) is 142 cm³/mol. The fourth-order valence-corrected chi connectivity index (χ4v) is 5.83. The lowest BCUT2D eigenvalue weighted by Crippen LogP contribution is -2.34. The molecule has 7 nitrogen and oxygen atoms in total. The summed E-state index contributed by atoms with van der Waals surface area (Å²) in [5.41, 5.74) is 12.0. The maximum Gasteiger partial charge on any atom is 0.335 e. The van der Waals surface area contributed by atoms with Gasteiger partial charge in [-0.15, -0.1) is 0 Å². The summed E-state index contributed by atoms with van der Waals surface area (Å²) >= 11 is 0. The average molecular weight is 498 g/mol. The Labute approximate surface area is 215 Å². The monoisotopic (exact) mass is 497 g/mol. The van der Waals surface area contributed by atoms with Crippen LogP contribution in [0.2, 0.25) is 0 Å². The summed E-state index contributed by atoms with van der Waals surface area (Å²) in [5, 5.41) is 10.8. The summed E-state index contributed by atoms with van der Waals surface area (Å²) in [5.74, 6) is 0.916. The van der Waals surface area contributed by atoms with Crippen LogP contribution in [0.3, 0.4) is 0 Å². The first-order valence-corrected chi connectivity index (χ1v) is 13.0. The van der Waals surface area contributed by atoms with Crippen molar-refractivity contribution >= 4 is 16.9 Å². The second-order valence-corrected chi connectivity index (χ2v) is 10.1. The fourth-order valence-electron chi connectivity index (χ4n) is 5.83. The van der Waals surface area contributed by atoms with Gasteiger partial charge in [0.15, 0.2) is 0 Å². The van der Waals surface area contributed by atoms with Gasteiger partial charge in [0.2, 0.25) is 0 Å².